The summed E-state index contributed by atoms with van der Waals surface area (Å²) in [6, 6.07) is 10.5. The maximum absolute atomic E-state index is 11.8. The molecule has 0 unspecified atom stereocenters. The number of rotatable bonds is 6. The number of halogens is 2. The molecule has 0 bridgehead atoms. The van der Waals surface area contributed by atoms with Crippen molar-refractivity contribution in [1.82, 2.24) is 4.98 Å². The Morgan fingerprint density at radius 3 is 2.82 bits per heavy atom. The molecule has 2 aromatic rings. The molecule has 1 aromatic carbocycles. The lowest BCUT2D eigenvalue weighted by Gasteiger charge is -2.08. The summed E-state index contributed by atoms with van der Waals surface area (Å²) in [5, 5.41) is 3.77. The molecule has 0 spiro atoms. The molecular weight excluding hydrogens is 323 g/mol. The van der Waals surface area contributed by atoms with Gasteiger partial charge in [-0.1, -0.05) is 29.3 Å². The van der Waals surface area contributed by atoms with Crippen molar-refractivity contribution in [2.45, 2.75) is 19.8 Å². The summed E-state index contributed by atoms with van der Waals surface area (Å²) in [5.41, 5.74) is 0.860. The van der Waals surface area contributed by atoms with E-state index in [1.165, 1.54) is 0 Å². The molecular formula is C16H16Cl2N2O2. The molecule has 0 atom stereocenters. The number of amides is 1. The Morgan fingerprint density at radius 2 is 2.09 bits per heavy atom. The van der Waals surface area contributed by atoms with Crippen LogP contribution in [-0.2, 0) is 4.79 Å². The molecule has 2 rings (SSSR count). The first-order valence-electron chi connectivity index (χ1n) is 6.86. The first-order chi connectivity index (χ1) is 10.5. The standard InChI is InChI=1S/C16H16Cl2N2O2/c1-11-4-2-5-15(19-11)20-16(21)6-3-9-22-14-8-7-12(17)10-13(14)18/h2,4-5,7-8,10H,3,6,9H2,1H3,(H,19,20,21). The van der Waals surface area contributed by atoms with Gasteiger partial charge in [0.1, 0.15) is 11.6 Å². The zero-order valence-electron chi connectivity index (χ0n) is 12.1. The van der Waals surface area contributed by atoms with E-state index < -0.39 is 0 Å². The van der Waals surface area contributed by atoms with Crippen LogP contribution in [0.2, 0.25) is 10.0 Å². The van der Waals surface area contributed by atoms with E-state index in [9.17, 15) is 4.79 Å². The Kier molecular flexibility index (Phi) is 6.04. The fourth-order valence-electron chi connectivity index (χ4n) is 1.83. The molecule has 1 heterocycles. The van der Waals surface area contributed by atoms with Crippen LogP contribution >= 0.6 is 23.2 Å². The van der Waals surface area contributed by atoms with Crippen LogP contribution in [0.3, 0.4) is 0 Å². The van der Waals surface area contributed by atoms with Crippen molar-refractivity contribution in [3.05, 3.63) is 52.1 Å². The van der Waals surface area contributed by atoms with E-state index in [0.29, 0.717) is 41.1 Å². The van der Waals surface area contributed by atoms with E-state index in [0.717, 1.165) is 5.69 Å². The topological polar surface area (TPSA) is 51.2 Å². The van der Waals surface area contributed by atoms with E-state index in [4.69, 9.17) is 27.9 Å². The maximum atomic E-state index is 11.8. The van der Waals surface area contributed by atoms with Gasteiger partial charge < -0.3 is 10.1 Å². The van der Waals surface area contributed by atoms with E-state index in [1.807, 2.05) is 19.1 Å². The Bertz CT molecular complexity index is 662. The summed E-state index contributed by atoms with van der Waals surface area (Å²) in [7, 11) is 0. The number of aryl methyl sites for hydroxylation is 1. The molecule has 0 aliphatic heterocycles. The van der Waals surface area contributed by atoms with Crippen LogP contribution in [0.1, 0.15) is 18.5 Å². The van der Waals surface area contributed by atoms with Crippen LogP contribution in [0, 0.1) is 6.92 Å². The number of hydrogen-bond donors (Lipinski definition) is 1. The number of nitrogens with zero attached hydrogens (tertiary/aromatic N) is 1. The van der Waals surface area contributed by atoms with Crippen molar-refractivity contribution >= 4 is 34.9 Å². The number of benzene rings is 1. The summed E-state index contributed by atoms with van der Waals surface area (Å²) in [4.78, 5) is 16.0. The zero-order valence-corrected chi connectivity index (χ0v) is 13.6. The first kappa shape index (κ1) is 16.6. The Labute approximate surface area is 139 Å². The highest BCUT2D eigenvalue weighted by atomic mass is 35.5. The minimum Gasteiger partial charge on any atom is -0.492 e. The minimum atomic E-state index is -0.0936. The lowest BCUT2D eigenvalue weighted by atomic mass is 10.3. The minimum absolute atomic E-state index is 0.0936. The van der Waals surface area contributed by atoms with Crippen molar-refractivity contribution in [3.63, 3.8) is 0 Å². The zero-order chi connectivity index (χ0) is 15.9. The lowest BCUT2D eigenvalue weighted by Crippen LogP contribution is -2.14. The normalized spacial score (nSPS) is 10.3. The van der Waals surface area contributed by atoms with Crippen LogP contribution in [-0.4, -0.2) is 17.5 Å². The molecule has 0 aliphatic rings. The second kappa shape index (κ2) is 8.01. The van der Waals surface area contributed by atoms with Gasteiger partial charge in [0.25, 0.3) is 0 Å². The van der Waals surface area contributed by atoms with Crippen LogP contribution in [0.4, 0.5) is 5.82 Å². The molecule has 0 fully saturated rings. The van der Waals surface area contributed by atoms with Crippen LogP contribution in [0.25, 0.3) is 0 Å². The maximum Gasteiger partial charge on any atom is 0.225 e. The Balaban J connectivity index is 1.73. The average Bonchev–Trinajstić information content (AvgIpc) is 2.45. The number of ether oxygens (including phenoxy) is 1. The van der Waals surface area contributed by atoms with Crippen LogP contribution in [0.15, 0.2) is 36.4 Å². The number of carbonyl (C=O) groups excluding carboxylic acids is 1. The van der Waals surface area contributed by atoms with Crippen LogP contribution < -0.4 is 10.1 Å². The van der Waals surface area contributed by atoms with Gasteiger partial charge >= 0.3 is 0 Å². The van der Waals surface area contributed by atoms with E-state index in [-0.39, 0.29) is 5.91 Å². The molecule has 4 nitrogen and oxygen atoms in total. The van der Waals surface area contributed by atoms with Crippen molar-refractivity contribution in [2.24, 2.45) is 0 Å². The van der Waals surface area contributed by atoms with E-state index in [2.05, 4.69) is 10.3 Å². The SMILES string of the molecule is Cc1cccc(NC(=O)CCCOc2ccc(Cl)cc2Cl)n1. The second-order valence-corrected chi connectivity index (χ2v) is 5.58. The highest BCUT2D eigenvalue weighted by molar-refractivity contribution is 6.35. The van der Waals surface area contributed by atoms with Gasteiger partial charge in [0.05, 0.1) is 11.6 Å². The third-order valence-electron chi connectivity index (χ3n) is 2.86. The Hall–Kier alpha value is -1.78. The summed E-state index contributed by atoms with van der Waals surface area (Å²) in [5.74, 6) is 1.03. The summed E-state index contributed by atoms with van der Waals surface area (Å²) < 4.78 is 5.53. The summed E-state index contributed by atoms with van der Waals surface area (Å²) in [6.07, 6.45) is 0.928. The predicted molar refractivity (Wildman–Crippen MR) is 88.8 cm³/mol. The van der Waals surface area contributed by atoms with Gasteiger partial charge in [0.2, 0.25) is 5.91 Å². The quantitative estimate of drug-likeness (QED) is 0.789. The fourth-order valence-corrected chi connectivity index (χ4v) is 2.29. The summed E-state index contributed by atoms with van der Waals surface area (Å²) >= 11 is 11.8. The van der Waals surface area contributed by atoms with E-state index in [1.54, 1.807) is 24.3 Å². The molecule has 1 N–H and O–H groups in total. The Morgan fingerprint density at radius 1 is 1.27 bits per heavy atom. The second-order valence-electron chi connectivity index (χ2n) is 4.74. The fraction of sp³-hybridized carbons (Fsp3) is 0.250. The molecule has 22 heavy (non-hydrogen) atoms. The predicted octanol–water partition coefficient (Wildman–Crippen LogP) is 4.49. The number of hydrogen-bond acceptors (Lipinski definition) is 3. The van der Waals surface area contributed by atoms with Crippen LogP contribution in [0.5, 0.6) is 5.75 Å². The number of pyridine rings is 1. The molecule has 1 amide bonds. The smallest absolute Gasteiger partial charge is 0.225 e. The molecule has 116 valence electrons. The molecule has 0 aliphatic carbocycles. The van der Waals surface area contributed by atoms with Gasteiger partial charge in [0, 0.05) is 17.1 Å². The van der Waals surface area contributed by atoms with Crippen molar-refractivity contribution in [3.8, 4) is 5.75 Å². The molecule has 0 saturated carbocycles. The first-order valence-corrected chi connectivity index (χ1v) is 7.61. The van der Waals surface area contributed by atoms with E-state index >= 15 is 0 Å². The van der Waals surface area contributed by atoms with Gasteiger partial charge in [0.15, 0.2) is 0 Å². The molecule has 1 aromatic heterocycles. The van der Waals surface area contributed by atoms with Gasteiger partial charge in [-0.2, -0.15) is 0 Å². The highest BCUT2D eigenvalue weighted by Crippen LogP contribution is 2.27. The monoisotopic (exact) mass is 338 g/mol. The third-order valence-corrected chi connectivity index (χ3v) is 3.39. The molecule has 0 radical (unpaired) electrons. The number of nitrogens with one attached hydrogen (secondary N) is 1. The van der Waals surface area contributed by atoms with Gasteiger partial charge in [-0.15, -0.1) is 0 Å². The van der Waals surface area contributed by atoms with Gasteiger partial charge in [-0.3, -0.25) is 4.79 Å². The van der Waals surface area contributed by atoms with Gasteiger partial charge in [-0.25, -0.2) is 4.98 Å². The number of carbonyl (C=O) groups is 1. The number of aromatic nitrogens is 1. The van der Waals surface area contributed by atoms with Crippen molar-refractivity contribution in [2.75, 3.05) is 11.9 Å². The van der Waals surface area contributed by atoms with Gasteiger partial charge in [-0.05, 0) is 43.7 Å². The lowest BCUT2D eigenvalue weighted by molar-refractivity contribution is -0.116. The average molecular weight is 339 g/mol. The largest absolute Gasteiger partial charge is 0.492 e. The number of anilines is 1. The van der Waals surface area contributed by atoms with Crippen molar-refractivity contribution in [1.29, 1.82) is 0 Å². The van der Waals surface area contributed by atoms with Crippen molar-refractivity contribution < 1.29 is 9.53 Å². The third kappa shape index (κ3) is 5.20. The highest BCUT2D eigenvalue weighted by Gasteiger charge is 2.05. The molecule has 0 saturated heterocycles. The summed E-state index contributed by atoms with van der Waals surface area (Å²) in [6.45, 7) is 2.27. The molecule has 6 heteroatoms.